The maximum Gasteiger partial charge on any atom is 0.240 e. The van der Waals surface area contributed by atoms with E-state index < -0.39 is 22.0 Å². The average molecular weight is 1080 g/mol. The van der Waals surface area contributed by atoms with Gasteiger partial charge in [0.2, 0.25) is 39.4 Å². The van der Waals surface area contributed by atoms with Crippen LogP contribution in [0.15, 0.2) is 297 Å². The molecule has 1 fully saturated rings. The lowest BCUT2D eigenvalue weighted by Gasteiger charge is -2.43. The highest BCUT2D eigenvalue weighted by Gasteiger charge is 2.89. The average Bonchev–Trinajstić information content (AvgIpc) is 1.43. The second-order valence-corrected chi connectivity index (χ2v) is 24.9. The summed E-state index contributed by atoms with van der Waals surface area (Å²) in [4.78, 5) is 0. The lowest BCUT2D eigenvalue weighted by Crippen LogP contribution is -2.64. The van der Waals surface area contributed by atoms with Crippen LogP contribution in [0.1, 0.15) is 33.4 Å². The molecule has 0 radical (unpaired) electrons. The molecule has 1 saturated carbocycles. The topological polar surface area (TPSA) is 11.6 Å². The van der Waals surface area contributed by atoms with Gasteiger partial charge < -0.3 is 0 Å². The van der Waals surface area contributed by atoms with Crippen LogP contribution in [-0.4, -0.2) is 0 Å². The molecular weight excluding hydrogens is 1030 g/mol. The van der Waals surface area contributed by atoms with Crippen LogP contribution >= 0.6 is 0 Å². The number of fused-ring (bicyclic) bond motifs is 18. The van der Waals surface area contributed by atoms with Gasteiger partial charge in [-0.15, -0.1) is 0 Å². The van der Waals surface area contributed by atoms with Gasteiger partial charge in [0.1, 0.15) is 5.41 Å². The van der Waals surface area contributed by atoms with Crippen LogP contribution in [-0.2, 0) is 28.5 Å². The summed E-state index contributed by atoms with van der Waals surface area (Å²) in [6.07, 6.45) is 14.1. The summed E-state index contributed by atoms with van der Waals surface area (Å²) < 4.78 is 8.31. The number of aromatic nitrogens is 3. The molecule has 12 aromatic rings. The zero-order chi connectivity index (χ0) is 55.1. The monoisotopic (exact) mass is 1080 g/mol. The van der Waals surface area contributed by atoms with E-state index >= 15 is 0 Å². The van der Waals surface area contributed by atoms with E-state index in [2.05, 4.69) is 305 Å². The third-order valence-corrected chi connectivity index (χ3v) is 21.3. The Morgan fingerprint density at radius 1 is 0.294 bits per heavy atom. The highest BCUT2D eigenvalue weighted by molar-refractivity contribution is 6.14. The smallest absolute Gasteiger partial charge is 0.184 e. The Kier molecular flexibility index (Phi) is 8.11. The van der Waals surface area contributed by atoms with E-state index in [1.165, 1.54) is 162 Å². The van der Waals surface area contributed by atoms with Crippen molar-refractivity contribution in [3.63, 3.8) is 0 Å². The molecule has 0 saturated heterocycles. The van der Waals surface area contributed by atoms with Crippen LogP contribution in [0, 0.1) is 0 Å². The zero-order valence-corrected chi connectivity index (χ0v) is 46.3. The standard InChI is InChI=1S/C82H50N3/c1-3-18-50(19-4-1)51-32-34-52(35-33-51)65-44-67-68-45-66(65)60-24-9-12-27-63(60)70-49-81(85-73(30-17-31-76(67)85)53-20-5-2-6-21-53)71-48-80-69-43-55(58-23-7-10-25-61(58)71)37-39-64(69)75-29-14-16-41-84(75)82(80,78(80)77(68)81)72-47-79(70)46-56-42-54(57-22-8-11-26-62(57)72)36-38-59(56)74-28-13-15-40-83(74)79/h1-45,47-49H,46H2/q+3/b70-49-,72-47-. The maximum atomic E-state index is 2.86. The van der Waals surface area contributed by atoms with Gasteiger partial charge in [0.25, 0.3) is 0 Å². The number of hydrogen-bond acceptors (Lipinski definition) is 0. The Morgan fingerprint density at radius 2 is 0.847 bits per heavy atom. The van der Waals surface area contributed by atoms with Crippen LogP contribution in [0.2, 0.25) is 0 Å². The molecule has 390 valence electrons. The van der Waals surface area contributed by atoms with Crippen molar-refractivity contribution in [1.82, 2.24) is 0 Å². The molecule has 3 heteroatoms. The molecule has 85 heavy (non-hydrogen) atoms. The molecule has 6 heterocycles. The van der Waals surface area contributed by atoms with Gasteiger partial charge in [-0.05, 0) is 150 Å². The largest absolute Gasteiger partial charge is 0.240 e. The molecule has 3 spiro atoms. The Hall–Kier alpha value is -10.6. The van der Waals surface area contributed by atoms with Gasteiger partial charge in [0.05, 0.1) is 11.1 Å². The van der Waals surface area contributed by atoms with Crippen LogP contribution in [0.4, 0.5) is 0 Å². The fourth-order valence-electron chi connectivity index (χ4n) is 18.1. The zero-order valence-electron chi connectivity index (χ0n) is 46.3. The maximum absolute atomic E-state index is 2.86. The molecule has 4 atom stereocenters. The van der Waals surface area contributed by atoms with Gasteiger partial charge >= 0.3 is 0 Å². The van der Waals surface area contributed by atoms with Crippen molar-refractivity contribution in [2.24, 2.45) is 0 Å². The van der Waals surface area contributed by atoms with Crippen molar-refractivity contribution in [3.05, 3.63) is 330 Å². The summed E-state index contributed by atoms with van der Waals surface area (Å²) >= 11 is 0. The number of pyridine rings is 3. The van der Waals surface area contributed by atoms with Crippen LogP contribution in [0.5, 0.6) is 0 Å². The SMILES string of the molecule is C1=C2c3ccccc3-c3ccc4c(c3)C13C1=C5c6cc7c(-c8ccc(-c9ccccc9)cc8)cc6-c6cccc(-c8ccccc8)[n+]6C25/C=C(/c2ccccc2-7)C25/C=C(/c6ccccc6-c6ccc(c(c6)C2)-c2cccc[n+]25)C13[n+]1ccccc1-4. The first-order chi connectivity index (χ1) is 42.1. The van der Waals surface area contributed by atoms with Crippen molar-refractivity contribution in [2.45, 2.75) is 28.5 Å². The van der Waals surface area contributed by atoms with E-state index in [-0.39, 0.29) is 0 Å². The van der Waals surface area contributed by atoms with E-state index in [1.807, 2.05) is 0 Å². The predicted molar refractivity (Wildman–Crippen MR) is 339 cm³/mol. The number of nitrogens with zero attached hydrogens (tertiary/aromatic N) is 3. The van der Waals surface area contributed by atoms with Gasteiger partial charge in [-0.3, -0.25) is 0 Å². The molecule has 0 amide bonds. The molecule has 9 aromatic carbocycles. The van der Waals surface area contributed by atoms with E-state index in [1.54, 1.807) is 0 Å². The Bertz CT molecular complexity index is 5270. The highest BCUT2D eigenvalue weighted by Crippen LogP contribution is 2.82. The highest BCUT2D eigenvalue weighted by atomic mass is 15.2. The fourth-order valence-corrected chi connectivity index (χ4v) is 18.1. The van der Waals surface area contributed by atoms with Crippen molar-refractivity contribution < 1.29 is 13.7 Å². The predicted octanol–water partition coefficient (Wildman–Crippen LogP) is 16.8. The van der Waals surface area contributed by atoms with Gasteiger partial charge in [0.15, 0.2) is 12.4 Å². The molecule has 3 aromatic heterocycles. The number of rotatable bonds is 3. The van der Waals surface area contributed by atoms with Crippen molar-refractivity contribution in [3.8, 4) is 101 Å². The van der Waals surface area contributed by atoms with Gasteiger partial charge in [-0.25, -0.2) is 0 Å². The molecule has 4 unspecified atom stereocenters. The summed E-state index contributed by atoms with van der Waals surface area (Å²) in [6, 6.07) is 101. The molecule has 3 aliphatic heterocycles. The summed E-state index contributed by atoms with van der Waals surface area (Å²) in [5.74, 6) is 0. The van der Waals surface area contributed by atoms with Crippen LogP contribution < -0.4 is 13.7 Å². The van der Waals surface area contributed by atoms with E-state index in [9.17, 15) is 0 Å². The summed E-state index contributed by atoms with van der Waals surface area (Å²) in [5.41, 5.74) is 33.4. The molecule has 9 aliphatic rings. The Balaban J connectivity index is 1.06. The lowest BCUT2D eigenvalue weighted by atomic mass is 9.62. The second kappa shape index (κ2) is 15.3. The minimum Gasteiger partial charge on any atom is -0.184 e. The van der Waals surface area contributed by atoms with E-state index in [0.717, 1.165) is 6.42 Å². The first kappa shape index (κ1) is 45.0. The molecule has 3 nitrogen and oxygen atoms in total. The normalized spacial score (nSPS) is 23.2. The summed E-state index contributed by atoms with van der Waals surface area (Å²) in [7, 11) is 0. The first-order valence-electron chi connectivity index (χ1n) is 30.1. The fraction of sp³-hybridized carbons (Fsp3) is 0.0610. The van der Waals surface area contributed by atoms with Crippen molar-refractivity contribution in [1.29, 1.82) is 0 Å². The van der Waals surface area contributed by atoms with Gasteiger partial charge in [-0.2, -0.15) is 13.7 Å². The van der Waals surface area contributed by atoms with Crippen molar-refractivity contribution in [2.75, 3.05) is 0 Å². The first-order valence-corrected chi connectivity index (χ1v) is 30.1. The molecular formula is C82H50N3+3. The van der Waals surface area contributed by atoms with Gasteiger partial charge in [0, 0.05) is 99.5 Å². The van der Waals surface area contributed by atoms with E-state index in [0.29, 0.717) is 0 Å². The van der Waals surface area contributed by atoms with Gasteiger partial charge in [-0.1, -0.05) is 164 Å². The molecule has 14 bridgehead atoms. The summed E-state index contributed by atoms with van der Waals surface area (Å²) in [5, 5.41) is 0. The van der Waals surface area contributed by atoms with Crippen LogP contribution in [0.3, 0.4) is 0 Å². The molecule has 21 rings (SSSR count). The van der Waals surface area contributed by atoms with Crippen LogP contribution in [0.25, 0.3) is 123 Å². The quantitative estimate of drug-likeness (QED) is 0.156. The Labute approximate surface area is 492 Å². The van der Waals surface area contributed by atoms with Crippen molar-refractivity contribution >= 4 is 22.3 Å². The number of benzene rings is 9. The summed E-state index contributed by atoms with van der Waals surface area (Å²) in [6.45, 7) is 0. The second-order valence-electron chi connectivity index (χ2n) is 24.9. The lowest BCUT2D eigenvalue weighted by molar-refractivity contribution is -0.731. The Morgan fingerprint density at radius 3 is 1.60 bits per heavy atom. The minimum absolute atomic E-state index is 0.648. The minimum atomic E-state index is -0.956. The van der Waals surface area contributed by atoms with E-state index in [4.69, 9.17) is 0 Å². The third kappa shape index (κ3) is 5.15. The third-order valence-electron chi connectivity index (χ3n) is 21.3. The number of allylic oxidation sites excluding steroid dienone is 8. The number of hydrogen-bond donors (Lipinski definition) is 0. The molecule has 6 aliphatic carbocycles. The molecule has 0 N–H and O–H groups in total.